The van der Waals surface area contributed by atoms with Gasteiger partial charge < -0.3 is 10.1 Å². The molecule has 0 saturated heterocycles. The van der Waals surface area contributed by atoms with Crippen LogP contribution in [-0.2, 0) is 16.1 Å². The summed E-state index contributed by atoms with van der Waals surface area (Å²) in [6.45, 7) is 3.24. The van der Waals surface area contributed by atoms with Crippen LogP contribution in [0.15, 0.2) is 30.3 Å². The van der Waals surface area contributed by atoms with E-state index in [1.807, 2.05) is 37.3 Å². The van der Waals surface area contributed by atoms with Crippen LogP contribution in [0, 0.1) is 5.92 Å². The first-order valence-corrected chi connectivity index (χ1v) is 6.68. The highest BCUT2D eigenvalue weighted by Gasteiger charge is 2.27. The monoisotopic (exact) mass is 272 g/mol. The minimum Gasteiger partial charge on any atom is -0.466 e. The molecule has 20 heavy (non-hydrogen) atoms. The first kappa shape index (κ1) is 12.7. The molecule has 6 heteroatoms. The lowest BCUT2D eigenvalue weighted by Gasteiger charge is -2.21. The van der Waals surface area contributed by atoms with Gasteiger partial charge in [-0.15, -0.1) is 5.10 Å². The van der Waals surface area contributed by atoms with Crippen molar-refractivity contribution in [3.05, 3.63) is 30.3 Å². The third-order valence-corrected chi connectivity index (χ3v) is 3.22. The Balaban J connectivity index is 1.81. The maximum absolute atomic E-state index is 11.8. The molecule has 1 aliphatic heterocycles. The van der Waals surface area contributed by atoms with Crippen molar-refractivity contribution in [3.8, 4) is 11.4 Å². The summed E-state index contributed by atoms with van der Waals surface area (Å²) >= 11 is 0. The van der Waals surface area contributed by atoms with Gasteiger partial charge in [0.2, 0.25) is 5.95 Å². The SMILES string of the molecule is CCOC(=O)C1CNc2nc(-c3ccccc3)nn2C1. The van der Waals surface area contributed by atoms with Gasteiger partial charge in [0.25, 0.3) is 0 Å². The molecular formula is C14H16N4O2. The number of fused-ring (bicyclic) bond motifs is 1. The standard InChI is InChI=1S/C14H16N4O2/c1-2-20-13(19)11-8-15-14-16-12(17-18(14)9-11)10-6-4-3-5-7-10/h3-7,11H,2,8-9H2,1H3,(H,15,16,17). The molecule has 104 valence electrons. The van der Waals surface area contributed by atoms with Crippen LogP contribution >= 0.6 is 0 Å². The quantitative estimate of drug-likeness (QED) is 0.858. The van der Waals surface area contributed by atoms with Gasteiger partial charge in [0, 0.05) is 12.1 Å². The number of hydrogen-bond acceptors (Lipinski definition) is 5. The van der Waals surface area contributed by atoms with Crippen LogP contribution in [0.25, 0.3) is 11.4 Å². The van der Waals surface area contributed by atoms with Crippen molar-refractivity contribution in [3.63, 3.8) is 0 Å². The normalized spacial score (nSPS) is 17.1. The number of benzene rings is 1. The van der Waals surface area contributed by atoms with E-state index in [1.165, 1.54) is 0 Å². The second kappa shape index (κ2) is 5.32. The van der Waals surface area contributed by atoms with Gasteiger partial charge in [-0.05, 0) is 6.92 Å². The topological polar surface area (TPSA) is 69.0 Å². The zero-order chi connectivity index (χ0) is 13.9. The first-order valence-electron chi connectivity index (χ1n) is 6.68. The van der Waals surface area contributed by atoms with E-state index in [0.717, 1.165) is 5.56 Å². The molecule has 2 aromatic rings. The molecule has 0 spiro atoms. The van der Waals surface area contributed by atoms with Gasteiger partial charge in [-0.25, -0.2) is 4.68 Å². The van der Waals surface area contributed by atoms with E-state index in [1.54, 1.807) is 4.68 Å². The third kappa shape index (κ3) is 2.36. The van der Waals surface area contributed by atoms with Crippen molar-refractivity contribution >= 4 is 11.9 Å². The van der Waals surface area contributed by atoms with Crippen molar-refractivity contribution in [1.82, 2.24) is 14.8 Å². The van der Waals surface area contributed by atoms with Crippen LogP contribution < -0.4 is 5.32 Å². The number of carbonyl (C=O) groups is 1. The smallest absolute Gasteiger partial charge is 0.312 e. The maximum Gasteiger partial charge on any atom is 0.312 e. The molecule has 1 unspecified atom stereocenters. The number of nitrogens with zero attached hydrogens (tertiary/aromatic N) is 3. The number of anilines is 1. The Morgan fingerprint density at radius 3 is 3.00 bits per heavy atom. The van der Waals surface area contributed by atoms with Gasteiger partial charge in [-0.1, -0.05) is 30.3 Å². The number of esters is 1. The fourth-order valence-corrected chi connectivity index (χ4v) is 2.22. The molecular weight excluding hydrogens is 256 g/mol. The highest BCUT2D eigenvalue weighted by Crippen LogP contribution is 2.21. The Kier molecular flexibility index (Phi) is 3.37. The third-order valence-electron chi connectivity index (χ3n) is 3.22. The zero-order valence-electron chi connectivity index (χ0n) is 11.2. The lowest BCUT2D eigenvalue weighted by Crippen LogP contribution is -2.34. The molecule has 3 rings (SSSR count). The molecule has 0 fully saturated rings. The molecule has 1 aromatic carbocycles. The molecule has 1 atom stereocenters. The van der Waals surface area contributed by atoms with Crippen molar-refractivity contribution in [2.45, 2.75) is 13.5 Å². The number of rotatable bonds is 3. The highest BCUT2D eigenvalue weighted by atomic mass is 16.5. The fourth-order valence-electron chi connectivity index (χ4n) is 2.22. The van der Waals surface area contributed by atoms with Crippen LogP contribution in [0.1, 0.15) is 6.92 Å². The molecule has 1 N–H and O–H groups in total. The number of aromatic nitrogens is 3. The Morgan fingerprint density at radius 1 is 1.45 bits per heavy atom. The van der Waals surface area contributed by atoms with E-state index in [-0.39, 0.29) is 11.9 Å². The summed E-state index contributed by atoms with van der Waals surface area (Å²) in [5.74, 6) is 0.956. The van der Waals surface area contributed by atoms with Crippen LogP contribution in [0.3, 0.4) is 0 Å². The summed E-state index contributed by atoms with van der Waals surface area (Å²) in [4.78, 5) is 16.2. The largest absolute Gasteiger partial charge is 0.466 e. The van der Waals surface area contributed by atoms with E-state index in [2.05, 4.69) is 15.4 Å². The average Bonchev–Trinajstić information content (AvgIpc) is 2.91. The van der Waals surface area contributed by atoms with Gasteiger partial charge in [0.1, 0.15) is 0 Å². The molecule has 1 aromatic heterocycles. The molecule has 0 amide bonds. The predicted molar refractivity (Wildman–Crippen MR) is 74.1 cm³/mol. The molecule has 0 aliphatic carbocycles. The van der Waals surface area contributed by atoms with Crippen molar-refractivity contribution in [2.24, 2.45) is 5.92 Å². The maximum atomic E-state index is 11.8. The Hall–Kier alpha value is -2.37. The van der Waals surface area contributed by atoms with Gasteiger partial charge in [-0.2, -0.15) is 4.98 Å². The predicted octanol–water partition coefficient (Wildman–Crippen LogP) is 1.55. The van der Waals surface area contributed by atoms with Crippen molar-refractivity contribution in [2.75, 3.05) is 18.5 Å². The minimum absolute atomic E-state index is 0.192. The van der Waals surface area contributed by atoms with E-state index >= 15 is 0 Å². The molecule has 6 nitrogen and oxygen atoms in total. The van der Waals surface area contributed by atoms with Crippen LogP contribution in [-0.4, -0.2) is 33.9 Å². The summed E-state index contributed by atoms with van der Waals surface area (Å²) in [6, 6.07) is 9.78. The van der Waals surface area contributed by atoms with Crippen LogP contribution in [0.5, 0.6) is 0 Å². The Morgan fingerprint density at radius 2 is 2.25 bits per heavy atom. The average molecular weight is 272 g/mol. The second-order valence-corrected chi connectivity index (χ2v) is 4.64. The fraction of sp³-hybridized carbons (Fsp3) is 0.357. The highest BCUT2D eigenvalue weighted by molar-refractivity contribution is 5.73. The van der Waals surface area contributed by atoms with Gasteiger partial charge in [0.15, 0.2) is 5.82 Å². The van der Waals surface area contributed by atoms with E-state index in [9.17, 15) is 4.79 Å². The van der Waals surface area contributed by atoms with E-state index < -0.39 is 0 Å². The first-order chi connectivity index (χ1) is 9.78. The lowest BCUT2D eigenvalue weighted by atomic mass is 10.1. The summed E-state index contributed by atoms with van der Waals surface area (Å²) in [5.41, 5.74) is 0.962. The van der Waals surface area contributed by atoms with Gasteiger partial charge >= 0.3 is 5.97 Å². The minimum atomic E-state index is -0.215. The second-order valence-electron chi connectivity index (χ2n) is 4.64. The van der Waals surface area contributed by atoms with Crippen molar-refractivity contribution in [1.29, 1.82) is 0 Å². The van der Waals surface area contributed by atoms with Crippen LogP contribution in [0.2, 0.25) is 0 Å². The van der Waals surface area contributed by atoms with Gasteiger partial charge in [0.05, 0.1) is 19.1 Å². The zero-order valence-corrected chi connectivity index (χ0v) is 11.2. The summed E-state index contributed by atoms with van der Waals surface area (Å²) in [5, 5.41) is 7.58. The Bertz CT molecular complexity index is 609. The molecule has 0 radical (unpaired) electrons. The number of ether oxygens (including phenoxy) is 1. The Labute approximate surface area is 116 Å². The summed E-state index contributed by atoms with van der Waals surface area (Å²) in [7, 11) is 0. The van der Waals surface area contributed by atoms with Crippen molar-refractivity contribution < 1.29 is 9.53 Å². The number of hydrogen-bond donors (Lipinski definition) is 1. The number of carbonyl (C=O) groups excluding carboxylic acids is 1. The molecule has 1 aliphatic rings. The summed E-state index contributed by atoms with van der Waals surface area (Å²) < 4.78 is 6.78. The molecule has 2 heterocycles. The van der Waals surface area contributed by atoms with Crippen LogP contribution in [0.4, 0.5) is 5.95 Å². The molecule has 0 bridgehead atoms. The summed E-state index contributed by atoms with van der Waals surface area (Å²) in [6.07, 6.45) is 0. The number of nitrogens with one attached hydrogen (secondary N) is 1. The van der Waals surface area contributed by atoms with Gasteiger partial charge in [-0.3, -0.25) is 4.79 Å². The molecule has 0 saturated carbocycles. The lowest BCUT2D eigenvalue weighted by molar-refractivity contribution is -0.148. The van der Waals surface area contributed by atoms with E-state index in [4.69, 9.17) is 4.74 Å². The van der Waals surface area contributed by atoms with E-state index in [0.29, 0.717) is 31.5 Å².